The number of cyclic esters (lactones) is 1. The second-order valence-electron chi connectivity index (χ2n) is 11.3. The average molecular weight is 639 g/mol. The topological polar surface area (TPSA) is 127 Å². The highest BCUT2D eigenvalue weighted by Gasteiger charge is 2.40. The fraction of sp³-hybridized carbons (Fsp3) is 0.364. The van der Waals surface area contributed by atoms with Gasteiger partial charge < -0.3 is 25.0 Å². The van der Waals surface area contributed by atoms with Gasteiger partial charge in [-0.15, -0.1) is 0 Å². The summed E-state index contributed by atoms with van der Waals surface area (Å²) in [5.41, 5.74) is 2.44. The minimum absolute atomic E-state index is 0.0536. The molecular formula is C33H33F3N4O6. The molecule has 0 aliphatic carbocycles. The fourth-order valence-electron chi connectivity index (χ4n) is 5.53. The summed E-state index contributed by atoms with van der Waals surface area (Å²) in [6, 6.07) is 18.1. The standard InChI is InChI=1S/C33H33F3N4O6/c1-20(38-32(44)33(34,35)36)29(23-11-9-22(10-12-23)21-6-3-2-4-7-21)46-26-13-14-27(37-17-26)30(42)39-25-8-5-15-40(18-25)31(43)24-16-28(41)45-19-24/h2-4,6-7,9-14,17,20,24-25,29H,5,8,15-16,18-19H2,1H3,(H,38,44)(H,39,42)/t20?,24-,25+,29?/m1/s1. The Bertz CT molecular complexity index is 1550. The molecule has 5 rings (SSSR count). The molecule has 2 aliphatic heterocycles. The highest BCUT2D eigenvalue weighted by molar-refractivity contribution is 5.92. The number of ether oxygens (including phenoxy) is 2. The second kappa shape index (κ2) is 14.0. The maximum Gasteiger partial charge on any atom is 0.471 e. The van der Waals surface area contributed by atoms with Gasteiger partial charge in [0.25, 0.3) is 5.91 Å². The normalized spacial score (nSPS) is 19.5. The van der Waals surface area contributed by atoms with Crippen LogP contribution in [0.1, 0.15) is 48.3 Å². The van der Waals surface area contributed by atoms with E-state index in [1.54, 1.807) is 17.0 Å². The van der Waals surface area contributed by atoms with E-state index in [-0.39, 0.29) is 36.4 Å². The van der Waals surface area contributed by atoms with Crippen LogP contribution >= 0.6 is 0 Å². The number of benzene rings is 2. The Hall–Kier alpha value is -4.94. The third kappa shape index (κ3) is 8.01. The summed E-state index contributed by atoms with van der Waals surface area (Å²) in [6.07, 6.45) is -3.43. The predicted molar refractivity (Wildman–Crippen MR) is 159 cm³/mol. The quantitative estimate of drug-likeness (QED) is 0.336. The molecule has 2 unspecified atom stereocenters. The van der Waals surface area contributed by atoms with E-state index in [0.717, 1.165) is 11.1 Å². The summed E-state index contributed by atoms with van der Waals surface area (Å²) < 4.78 is 50.1. The lowest BCUT2D eigenvalue weighted by Gasteiger charge is -2.34. The first-order valence-electron chi connectivity index (χ1n) is 14.9. The molecule has 10 nitrogen and oxygen atoms in total. The molecule has 0 bridgehead atoms. The van der Waals surface area contributed by atoms with Gasteiger partial charge in [-0.05, 0) is 48.6 Å². The number of nitrogens with one attached hydrogen (secondary N) is 2. The van der Waals surface area contributed by atoms with E-state index in [4.69, 9.17) is 9.47 Å². The molecule has 4 atom stereocenters. The monoisotopic (exact) mass is 638 g/mol. The summed E-state index contributed by atoms with van der Waals surface area (Å²) in [4.78, 5) is 54.7. The number of nitrogens with zero attached hydrogens (tertiary/aromatic N) is 2. The van der Waals surface area contributed by atoms with Crippen LogP contribution in [0.25, 0.3) is 11.1 Å². The number of aromatic nitrogens is 1. The van der Waals surface area contributed by atoms with Crippen LogP contribution in [0.15, 0.2) is 72.9 Å². The molecule has 1 aromatic heterocycles. The van der Waals surface area contributed by atoms with Crippen LogP contribution in [0.4, 0.5) is 13.2 Å². The Morgan fingerprint density at radius 3 is 2.37 bits per heavy atom. The van der Waals surface area contributed by atoms with Crippen LogP contribution in [0.5, 0.6) is 5.75 Å². The number of hydrogen-bond acceptors (Lipinski definition) is 7. The molecule has 2 N–H and O–H groups in total. The summed E-state index contributed by atoms with van der Waals surface area (Å²) in [5, 5.41) is 4.86. The predicted octanol–water partition coefficient (Wildman–Crippen LogP) is 4.22. The summed E-state index contributed by atoms with van der Waals surface area (Å²) in [7, 11) is 0. The van der Waals surface area contributed by atoms with Gasteiger partial charge in [0.05, 0.1) is 24.6 Å². The van der Waals surface area contributed by atoms with Gasteiger partial charge in [0, 0.05) is 19.1 Å². The lowest BCUT2D eigenvalue weighted by molar-refractivity contribution is -0.174. The highest BCUT2D eigenvalue weighted by Crippen LogP contribution is 2.29. The van der Waals surface area contributed by atoms with Gasteiger partial charge in [0.1, 0.15) is 24.2 Å². The molecular weight excluding hydrogens is 605 g/mol. The number of hydrogen-bond donors (Lipinski definition) is 2. The van der Waals surface area contributed by atoms with E-state index in [2.05, 4.69) is 10.3 Å². The lowest BCUT2D eigenvalue weighted by atomic mass is 9.99. The zero-order valence-corrected chi connectivity index (χ0v) is 25.0. The third-order valence-corrected chi connectivity index (χ3v) is 7.92. The van der Waals surface area contributed by atoms with Gasteiger partial charge in [-0.1, -0.05) is 54.6 Å². The first-order valence-corrected chi connectivity index (χ1v) is 14.9. The van der Waals surface area contributed by atoms with Gasteiger partial charge in [-0.2, -0.15) is 13.2 Å². The maximum absolute atomic E-state index is 13.0. The second-order valence-corrected chi connectivity index (χ2v) is 11.3. The SMILES string of the molecule is CC(NC(=O)C(F)(F)F)C(Oc1ccc(C(=O)N[C@H]2CCCN(C(=O)[C@H]3COC(=O)C3)C2)nc1)c1ccc(-c2ccccc2)cc1. The Labute approximate surface area is 263 Å². The molecule has 2 fully saturated rings. The van der Waals surface area contributed by atoms with Crippen LogP contribution in [0.2, 0.25) is 0 Å². The molecule has 2 aromatic carbocycles. The maximum atomic E-state index is 13.0. The van der Waals surface area contributed by atoms with Crippen molar-refractivity contribution in [2.45, 2.75) is 50.6 Å². The van der Waals surface area contributed by atoms with Crippen molar-refractivity contribution in [1.29, 1.82) is 0 Å². The Kier molecular flexibility index (Phi) is 9.88. The molecule has 2 saturated heterocycles. The average Bonchev–Trinajstić information content (AvgIpc) is 3.49. The first kappa shape index (κ1) is 32.5. The van der Waals surface area contributed by atoms with Gasteiger partial charge in [0.2, 0.25) is 5.91 Å². The zero-order valence-electron chi connectivity index (χ0n) is 25.0. The molecule has 0 saturated carbocycles. The minimum atomic E-state index is -5.07. The Balaban J connectivity index is 1.25. The molecule has 0 spiro atoms. The van der Waals surface area contributed by atoms with Crippen LogP contribution < -0.4 is 15.4 Å². The van der Waals surface area contributed by atoms with E-state index in [9.17, 15) is 32.3 Å². The smallest absolute Gasteiger partial charge is 0.471 e. The molecule has 2 aliphatic rings. The summed E-state index contributed by atoms with van der Waals surface area (Å²) >= 11 is 0. The van der Waals surface area contributed by atoms with Crippen LogP contribution in [-0.2, 0) is 19.1 Å². The summed E-state index contributed by atoms with van der Waals surface area (Å²) in [6.45, 7) is 2.29. The number of alkyl halides is 3. The lowest BCUT2D eigenvalue weighted by Crippen LogP contribution is -2.51. The van der Waals surface area contributed by atoms with Crippen molar-refractivity contribution in [3.8, 4) is 16.9 Å². The van der Waals surface area contributed by atoms with Crippen molar-refractivity contribution in [1.82, 2.24) is 20.5 Å². The van der Waals surface area contributed by atoms with Gasteiger partial charge in [-0.3, -0.25) is 19.2 Å². The Morgan fingerprint density at radius 1 is 1.02 bits per heavy atom. The van der Waals surface area contributed by atoms with Crippen LogP contribution in [-0.4, -0.2) is 71.5 Å². The van der Waals surface area contributed by atoms with E-state index in [1.807, 2.05) is 47.8 Å². The van der Waals surface area contributed by atoms with Crippen molar-refractivity contribution < 1.29 is 41.8 Å². The highest BCUT2D eigenvalue weighted by atomic mass is 19.4. The van der Waals surface area contributed by atoms with E-state index in [0.29, 0.717) is 31.5 Å². The zero-order chi connectivity index (χ0) is 32.8. The number of halogens is 3. The number of pyridine rings is 1. The first-order chi connectivity index (χ1) is 22.0. The van der Waals surface area contributed by atoms with E-state index >= 15 is 0 Å². The van der Waals surface area contributed by atoms with Gasteiger partial charge >= 0.3 is 18.1 Å². The molecule has 3 amide bonds. The molecule has 0 radical (unpaired) electrons. The number of carbonyl (C=O) groups is 4. The van der Waals surface area contributed by atoms with Crippen molar-refractivity contribution in [3.63, 3.8) is 0 Å². The third-order valence-electron chi connectivity index (χ3n) is 7.92. The number of esters is 1. The number of piperidine rings is 1. The number of amides is 3. The van der Waals surface area contributed by atoms with Gasteiger partial charge in [0.15, 0.2) is 0 Å². The molecule has 242 valence electrons. The molecule has 3 aromatic rings. The summed E-state index contributed by atoms with van der Waals surface area (Å²) in [5.74, 6) is -3.46. The van der Waals surface area contributed by atoms with Gasteiger partial charge in [-0.25, -0.2) is 4.98 Å². The van der Waals surface area contributed by atoms with Crippen LogP contribution in [0, 0.1) is 5.92 Å². The molecule has 3 heterocycles. The largest absolute Gasteiger partial charge is 0.482 e. The number of likely N-dealkylation sites (tertiary alicyclic amines) is 1. The van der Waals surface area contributed by atoms with E-state index in [1.165, 1.54) is 25.3 Å². The number of carbonyl (C=O) groups excluding carboxylic acids is 4. The number of rotatable bonds is 9. The molecule has 13 heteroatoms. The van der Waals surface area contributed by atoms with Crippen molar-refractivity contribution in [2.75, 3.05) is 19.7 Å². The van der Waals surface area contributed by atoms with Crippen molar-refractivity contribution in [3.05, 3.63) is 84.2 Å². The minimum Gasteiger partial charge on any atom is -0.482 e. The van der Waals surface area contributed by atoms with E-state index < -0.39 is 42.0 Å². The van der Waals surface area contributed by atoms with Crippen LogP contribution in [0.3, 0.4) is 0 Å². The fourth-order valence-corrected chi connectivity index (χ4v) is 5.53. The van der Waals surface area contributed by atoms with Crippen molar-refractivity contribution in [2.24, 2.45) is 5.92 Å². The van der Waals surface area contributed by atoms with Crippen molar-refractivity contribution >= 4 is 23.7 Å². The Morgan fingerprint density at radius 2 is 1.74 bits per heavy atom. The molecule has 46 heavy (non-hydrogen) atoms.